The van der Waals surface area contributed by atoms with Crippen LogP contribution >= 0.6 is 11.3 Å². The summed E-state index contributed by atoms with van der Waals surface area (Å²) in [4.78, 5) is 24.8. The average Bonchev–Trinajstić information content (AvgIpc) is 3.15. The molecular formula is C17H19NO3S. The summed E-state index contributed by atoms with van der Waals surface area (Å²) in [5.74, 6) is -0.436. The van der Waals surface area contributed by atoms with Crippen LogP contribution in [0.25, 0.3) is 0 Å². The maximum Gasteiger partial charge on any atom is 0.315 e. The molecule has 1 aliphatic rings. The molecule has 2 aromatic heterocycles. The van der Waals surface area contributed by atoms with Crippen molar-refractivity contribution in [2.45, 2.75) is 45.3 Å². The van der Waals surface area contributed by atoms with Crippen LogP contribution in [0.4, 0.5) is 0 Å². The second-order valence-electron chi connectivity index (χ2n) is 5.82. The minimum Gasteiger partial charge on any atom is -0.462 e. The van der Waals surface area contributed by atoms with Gasteiger partial charge in [-0.25, -0.2) is 0 Å². The number of ether oxygens (including phenoxy) is 1. The number of carbonyl (C=O) groups excluding carboxylic acids is 2. The monoisotopic (exact) mass is 317 g/mol. The minimum atomic E-state index is -0.264. The largest absolute Gasteiger partial charge is 0.462 e. The highest BCUT2D eigenvalue weighted by molar-refractivity contribution is 7.08. The molecule has 0 saturated heterocycles. The number of nitrogens with zero attached hydrogens (tertiary/aromatic N) is 1. The smallest absolute Gasteiger partial charge is 0.315 e. The second kappa shape index (κ2) is 6.08. The van der Waals surface area contributed by atoms with Crippen LogP contribution in [0.15, 0.2) is 29.0 Å². The lowest BCUT2D eigenvalue weighted by Gasteiger charge is -2.25. The first kappa shape index (κ1) is 15.0. The van der Waals surface area contributed by atoms with Crippen molar-refractivity contribution in [3.63, 3.8) is 0 Å². The molecule has 0 aromatic carbocycles. The van der Waals surface area contributed by atoms with Crippen LogP contribution in [-0.2, 0) is 16.1 Å². The summed E-state index contributed by atoms with van der Waals surface area (Å²) >= 11 is 1.51. The van der Waals surface area contributed by atoms with Gasteiger partial charge in [0.25, 0.3) is 0 Å². The summed E-state index contributed by atoms with van der Waals surface area (Å²) in [6, 6.07) is 5.56. The number of hydrogen-bond acceptors (Lipinski definition) is 4. The van der Waals surface area contributed by atoms with Gasteiger partial charge < -0.3 is 9.30 Å². The van der Waals surface area contributed by atoms with Crippen LogP contribution in [0.3, 0.4) is 0 Å². The topological polar surface area (TPSA) is 48.3 Å². The van der Waals surface area contributed by atoms with E-state index >= 15 is 0 Å². The molecule has 116 valence electrons. The lowest BCUT2D eigenvalue weighted by molar-refractivity contribution is -0.149. The van der Waals surface area contributed by atoms with Gasteiger partial charge in [-0.05, 0) is 50.3 Å². The Morgan fingerprint density at radius 3 is 2.82 bits per heavy atom. The van der Waals surface area contributed by atoms with Crippen LogP contribution in [0, 0.1) is 0 Å². The Morgan fingerprint density at radius 1 is 1.32 bits per heavy atom. The maximum atomic E-state index is 12.6. The number of rotatable bonds is 4. The van der Waals surface area contributed by atoms with Crippen LogP contribution in [0.5, 0.6) is 0 Å². The number of fused-ring (bicyclic) bond motifs is 1. The summed E-state index contributed by atoms with van der Waals surface area (Å²) in [5, 5.41) is 3.76. The molecule has 0 spiro atoms. The van der Waals surface area contributed by atoms with Gasteiger partial charge in [-0.15, -0.1) is 0 Å². The summed E-state index contributed by atoms with van der Waals surface area (Å²) in [6.45, 7) is 4.48. The first-order chi connectivity index (χ1) is 10.6. The minimum absolute atomic E-state index is 0.0189. The molecule has 4 nitrogen and oxygen atoms in total. The summed E-state index contributed by atoms with van der Waals surface area (Å²) in [5.41, 5.74) is 2.27. The van der Waals surface area contributed by atoms with E-state index in [0.717, 1.165) is 25.1 Å². The highest BCUT2D eigenvalue weighted by Gasteiger charge is 2.31. The third-order valence-electron chi connectivity index (χ3n) is 3.90. The zero-order chi connectivity index (χ0) is 15.7. The lowest BCUT2D eigenvalue weighted by atomic mass is 9.96. The zero-order valence-corrected chi connectivity index (χ0v) is 13.6. The molecule has 5 heteroatoms. The van der Waals surface area contributed by atoms with Gasteiger partial charge in [0.1, 0.15) is 0 Å². The van der Waals surface area contributed by atoms with E-state index < -0.39 is 0 Å². The quantitative estimate of drug-likeness (QED) is 0.639. The van der Waals surface area contributed by atoms with Gasteiger partial charge in [-0.3, -0.25) is 9.59 Å². The van der Waals surface area contributed by atoms with E-state index in [1.54, 1.807) is 0 Å². The molecular weight excluding hydrogens is 298 g/mol. The number of carbonyl (C=O) groups is 2. The predicted octanol–water partition coefficient (Wildman–Crippen LogP) is 3.61. The molecule has 0 aliphatic carbocycles. The summed E-state index contributed by atoms with van der Waals surface area (Å²) in [7, 11) is 0. The van der Waals surface area contributed by atoms with Gasteiger partial charge in [0, 0.05) is 23.2 Å². The van der Waals surface area contributed by atoms with Gasteiger partial charge in [0.05, 0.1) is 17.7 Å². The molecule has 2 aromatic rings. The fraction of sp³-hybridized carbons (Fsp3) is 0.412. The van der Waals surface area contributed by atoms with Gasteiger partial charge in [-0.1, -0.05) is 0 Å². The standard InChI is InChI=1S/C17H19NO3S/c1-11(2)21-17(20)13-4-3-8-18-14(13)5-6-15(18)16(19)12-7-9-22-10-12/h5-7,9-11,13H,3-4,8H2,1-2H3. The van der Waals surface area contributed by atoms with Crippen molar-refractivity contribution in [2.24, 2.45) is 0 Å². The van der Waals surface area contributed by atoms with Crippen molar-refractivity contribution in [1.82, 2.24) is 4.57 Å². The molecule has 0 N–H and O–H groups in total. The van der Waals surface area contributed by atoms with Crippen molar-refractivity contribution in [3.05, 3.63) is 45.9 Å². The van der Waals surface area contributed by atoms with Gasteiger partial charge >= 0.3 is 5.97 Å². The van der Waals surface area contributed by atoms with Crippen molar-refractivity contribution in [2.75, 3.05) is 0 Å². The van der Waals surface area contributed by atoms with Gasteiger partial charge in [-0.2, -0.15) is 11.3 Å². The van der Waals surface area contributed by atoms with E-state index in [-0.39, 0.29) is 23.8 Å². The summed E-state index contributed by atoms with van der Waals surface area (Å²) < 4.78 is 7.33. The number of thiophene rings is 1. The van der Waals surface area contributed by atoms with E-state index in [4.69, 9.17) is 4.74 Å². The fourth-order valence-electron chi connectivity index (χ4n) is 2.93. The second-order valence-corrected chi connectivity index (χ2v) is 6.60. The number of ketones is 1. The third kappa shape index (κ3) is 2.73. The SMILES string of the molecule is CC(C)OC(=O)C1CCCn2c(C(=O)c3ccsc3)ccc21. The Bertz CT molecular complexity index is 685. The maximum absolute atomic E-state index is 12.6. The highest BCUT2D eigenvalue weighted by Crippen LogP contribution is 2.31. The normalized spacial score (nSPS) is 17.3. The average molecular weight is 317 g/mol. The lowest BCUT2D eigenvalue weighted by Crippen LogP contribution is -2.27. The first-order valence-electron chi connectivity index (χ1n) is 7.54. The molecule has 22 heavy (non-hydrogen) atoms. The van der Waals surface area contributed by atoms with E-state index in [2.05, 4.69) is 0 Å². The van der Waals surface area contributed by atoms with Crippen molar-refractivity contribution in [1.29, 1.82) is 0 Å². The molecule has 3 rings (SSSR count). The molecule has 1 unspecified atom stereocenters. The third-order valence-corrected chi connectivity index (χ3v) is 4.58. The molecule has 0 fully saturated rings. The summed E-state index contributed by atoms with van der Waals surface area (Å²) in [6.07, 6.45) is 1.54. The molecule has 0 amide bonds. The van der Waals surface area contributed by atoms with Crippen molar-refractivity contribution >= 4 is 23.1 Å². The molecule has 3 heterocycles. The number of esters is 1. The molecule has 1 aliphatic heterocycles. The Morgan fingerprint density at radius 2 is 2.14 bits per heavy atom. The van der Waals surface area contributed by atoms with Crippen LogP contribution in [-0.4, -0.2) is 22.4 Å². The number of aromatic nitrogens is 1. The van der Waals surface area contributed by atoms with E-state index in [0.29, 0.717) is 11.3 Å². The highest BCUT2D eigenvalue weighted by atomic mass is 32.1. The Hall–Kier alpha value is -1.88. The van der Waals surface area contributed by atoms with Crippen LogP contribution in [0.1, 0.15) is 54.4 Å². The molecule has 1 atom stereocenters. The zero-order valence-electron chi connectivity index (χ0n) is 12.7. The van der Waals surface area contributed by atoms with Crippen LogP contribution in [0.2, 0.25) is 0 Å². The van der Waals surface area contributed by atoms with Gasteiger partial charge in [0.2, 0.25) is 5.78 Å². The fourth-order valence-corrected chi connectivity index (χ4v) is 3.57. The van der Waals surface area contributed by atoms with Crippen molar-refractivity contribution < 1.29 is 14.3 Å². The Kier molecular flexibility index (Phi) is 4.16. The van der Waals surface area contributed by atoms with E-state index in [1.165, 1.54) is 11.3 Å². The Balaban J connectivity index is 1.91. The molecule has 0 radical (unpaired) electrons. The van der Waals surface area contributed by atoms with E-state index in [1.807, 2.05) is 47.4 Å². The predicted molar refractivity (Wildman–Crippen MR) is 85.4 cm³/mol. The number of hydrogen-bond donors (Lipinski definition) is 0. The van der Waals surface area contributed by atoms with Gasteiger partial charge in [0.15, 0.2) is 0 Å². The molecule has 0 saturated carbocycles. The Labute approximate surface area is 133 Å². The molecule has 0 bridgehead atoms. The van der Waals surface area contributed by atoms with Crippen LogP contribution < -0.4 is 0 Å². The first-order valence-corrected chi connectivity index (χ1v) is 8.49. The van der Waals surface area contributed by atoms with E-state index in [9.17, 15) is 9.59 Å². The van der Waals surface area contributed by atoms with Crippen molar-refractivity contribution in [3.8, 4) is 0 Å².